The van der Waals surface area contributed by atoms with Crippen molar-refractivity contribution in [3.63, 3.8) is 0 Å². The number of carbonyl (C=O) groups excluding carboxylic acids is 1. The van der Waals surface area contributed by atoms with Crippen LogP contribution in [0.2, 0.25) is 0 Å². The number of hydrogen-bond donors (Lipinski definition) is 1. The van der Waals surface area contributed by atoms with Gasteiger partial charge in [0.05, 0.1) is 0 Å². The fourth-order valence-electron chi connectivity index (χ4n) is 1.05. The minimum absolute atomic E-state index is 0.250. The van der Waals surface area contributed by atoms with E-state index in [1.807, 2.05) is 27.7 Å². The van der Waals surface area contributed by atoms with E-state index in [4.69, 9.17) is 9.47 Å². The van der Waals surface area contributed by atoms with Gasteiger partial charge in [0.25, 0.3) is 0 Å². The van der Waals surface area contributed by atoms with Crippen LogP contribution in [0.15, 0.2) is 18.2 Å². The van der Waals surface area contributed by atoms with Crippen LogP contribution in [0, 0.1) is 0 Å². The Kier molecular flexibility index (Phi) is 7.67. The summed E-state index contributed by atoms with van der Waals surface area (Å²) in [6.07, 6.45) is 0.623. The molecule has 1 aliphatic rings. The van der Waals surface area contributed by atoms with E-state index >= 15 is 0 Å². The largest absolute Gasteiger partial charge is 0.454 e. The third-order valence-electron chi connectivity index (χ3n) is 1.60. The highest BCUT2D eigenvalue weighted by atomic mass is 16.7. The van der Waals surface area contributed by atoms with Crippen molar-refractivity contribution in [3.05, 3.63) is 18.2 Å². The third kappa shape index (κ3) is 3.81. The SMILES string of the molecule is CC.CC.O=CNc1ccc2c(c1)OCO2. The van der Waals surface area contributed by atoms with Crippen molar-refractivity contribution < 1.29 is 14.3 Å². The van der Waals surface area contributed by atoms with Gasteiger partial charge in [-0.25, -0.2) is 0 Å². The summed E-state index contributed by atoms with van der Waals surface area (Å²) in [5.74, 6) is 1.38. The second kappa shape index (κ2) is 8.59. The van der Waals surface area contributed by atoms with Crippen LogP contribution >= 0.6 is 0 Å². The van der Waals surface area contributed by atoms with Crippen LogP contribution in [-0.4, -0.2) is 13.2 Å². The second-order valence-electron chi connectivity index (χ2n) is 2.33. The first-order valence-electron chi connectivity index (χ1n) is 5.50. The molecule has 16 heavy (non-hydrogen) atoms. The Morgan fingerprint density at radius 2 is 1.75 bits per heavy atom. The normalized spacial score (nSPS) is 10.2. The predicted molar refractivity (Wildman–Crippen MR) is 64.9 cm³/mol. The molecule has 1 N–H and O–H groups in total. The van der Waals surface area contributed by atoms with Gasteiger partial charge in [0, 0.05) is 11.8 Å². The van der Waals surface area contributed by atoms with Crippen LogP contribution in [0.5, 0.6) is 11.5 Å². The fourth-order valence-corrected chi connectivity index (χ4v) is 1.05. The quantitative estimate of drug-likeness (QED) is 0.787. The number of anilines is 1. The first kappa shape index (κ1) is 14.3. The molecule has 1 aromatic rings. The number of rotatable bonds is 2. The van der Waals surface area contributed by atoms with Crippen LogP contribution in [-0.2, 0) is 4.79 Å². The fraction of sp³-hybridized carbons (Fsp3) is 0.417. The molecule has 1 amide bonds. The predicted octanol–water partition coefficient (Wildman–Crippen LogP) is 3.04. The van der Waals surface area contributed by atoms with E-state index in [0.717, 1.165) is 0 Å². The topological polar surface area (TPSA) is 47.6 Å². The highest BCUT2D eigenvalue weighted by Crippen LogP contribution is 2.33. The van der Waals surface area contributed by atoms with Crippen LogP contribution in [0.4, 0.5) is 5.69 Å². The van der Waals surface area contributed by atoms with E-state index in [1.165, 1.54) is 0 Å². The maximum absolute atomic E-state index is 10.1. The summed E-state index contributed by atoms with van der Waals surface area (Å²) in [6.45, 7) is 8.25. The number of nitrogens with one attached hydrogen (secondary N) is 1. The number of carbonyl (C=O) groups is 1. The van der Waals surface area contributed by atoms with Gasteiger partial charge in [-0.3, -0.25) is 4.79 Å². The van der Waals surface area contributed by atoms with Crippen molar-refractivity contribution in [1.29, 1.82) is 0 Å². The van der Waals surface area contributed by atoms with Crippen LogP contribution in [0.1, 0.15) is 27.7 Å². The lowest BCUT2D eigenvalue weighted by Crippen LogP contribution is -1.93. The molecule has 0 spiro atoms. The zero-order chi connectivity index (χ0) is 12.4. The van der Waals surface area contributed by atoms with Gasteiger partial charge < -0.3 is 14.8 Å². The summed E-state index contributed by atoms with van der Waals surface area (Å²) < 4.78 is 10.2. The van der Waals surface area contributed by atoms with Gasteiger partial charge in [0.2, 0.25) is 13.2 Å². The molecule has 90 valence electrons. The summed E-state index contributed by atoms with van der Waals surface area (Å²) in [4.78, 5) is 10.1. The molecular weight excluding hydrogens is 206 g/mol. The van der Waals surface area contributed by atoms with E-state index in [1.54, 1.807) is 18.2 Å². The van der Waals surface area contributed by atoms with Gasteiger partial charge >= 0.3 is 0 Å². The van der Waals surface area contributed by atoms with E-state index < -0.39 is 0 Å². The lowest BCUT2D eigenvalue weighted by atomic mass is 10.3. The maximum Gasteiger partial charge on any atom is 0.231 e. The molecule has 0 radical (unpaired) electrons. The first-order chi connectivity index (χ1) is 7.90. The average Bonchev–Trinajstić information content (AvgIpc) is 2.82. The molecule has 1 heterocycles. The van der Waals surface area contributed by atoms with Gasteiger partial charge in [-0.05, 0) is 12.1 Å². The average molecular weight is 225 g/mol. The summed E-state index contributed by atoms with van der Waals surface area (Å²) in [5.41, 5.74) is 0.703. The van der Waals surface area contributed by atoms with Gasteiger partial charge in [-0.15, -0.1) is 0 Å². The molecule has 0 unspecified atom stereocenters. The molecule has 0 saturated carbocycles. The molecule has 0 aromatic heterocycles. The summed E-state index contributed by atoms with van der Waals surface area (Å²) in [6, 6.07) is 5.23. The third-order valence-corrected chi connectivity index (χ3v) is 1.60. The van der Waals surface area contributed by atoms with Crippen molar-refractivity contribution in [3.8, 4) is 11.5 Å². The van der Waals surface area contributed by atoms with E-state index in [9.17, 15) is 4.79 Å². The second-order valence-corrected chi connectivity index (χ2v) is 2.33. The van der Waals surface area contributed by atoms with Crippen molar-refractivity contribution in [1.82, 2.24) is 0 Å². The Labute approximate surface area is 96.6 Å². The minimum Gasteiger partial charge on any atom is -0.454 e. The lowest BCUT2D eigenvalue weighted by Gasteiger charge is -1.99. The summed E-state index contributed by atoms with van der Waals surface area (Å²) >= 11 is 0. The summed E-state index contributed by atoms with van der Waals surface area (Å²) in [7, 11) is 0. The molecule has 4 nitrogen and oxygen atoms in total. The molecule has 0 atom stereocenters. The Morgan fingerprint density at radius 1 is 1.12 bits per heavy atom. The van der Waals surface area contributed by atoms with Crippen LogP contribution in [0.25, 0.3) is 0 Å². The van der Waals surface area contributed by atoms with E-state index in [-0.39, 0.29) is 6.79 Å². The van der Waals surface area contributed by atoms with Crippen molar-refractivity contribution >= 4 is 12.1 Å². The summed E-state index contributed by atoms with van der Waals surface area (Å²) in [5, 5.41) is 2.52. The highest BCUT2D eigenvalue weighted by molar-refractivity contribution is 5.72. The van der Waals surface area contributed by atoms with Gasteiger partial charge in [-0.2, -0.15) is 0 Å². The molecular formula is C12H19NO3. The number of amides is 1. The number of hydrogen-bond acceptors (Lipinski definition) is 3. The Bertz CT molecular complexity index is 313. The highest BCUT2D eigenvalue weighted by Gasteiger charge is 2.12. The van der Waals surface area contributed by atoms with Gasteiger partial charge in [0.15, 0.2) is 11.5 Å². The molecule has 0 fully saturated rings. The van der Waals surface area contributed by atoms with Crippen molar-refractivity contribution in [2.24, 2.45) is 0 Å². The Balaban J connectivity index is 0.000000509. The zero-order valence-electron chi connectivity index (χ0n) is 10.2. The molecule has 1 aliphatic heterocycles. The number of benzene rings is 1. The zero-order valence-corrected chi connectivity index (χ0v) is 10.2. The van der Waals surface area contributed by atoms with E-state index in [2.05, 4.69) is 5.32 Å². The molecule has 4 heteroatoms. The van der Waals surface area contributed by atoms with Crippen LogP contribution in [0.3, 0.4) is 0 Å². The lowest BCUT2D eigenvalue weighted by molar-refractivity contribution is -0.105. The molecule has 0 saturated heterocycles. The minimum atomic E-state index is 0.250. The Morgan fingerprint density at radius 3 is 2.38 bits per heavy atom. The molecule has 0 aliphatic carbocycles. The van der Waals surface area contributed by atoms with Crippen molar-refractivity contribution in [2.75, 3.05) is 12.1 Å². The monoisotopic (exact) mass is 225 g/mol. The van der Waals surface area contributed by atoms with Gasteiger partial charge in [0.1, 0.15) is 0 Å². The molecule has 2 rings (SSSR count). The number of fused-ring (bicyclic) bond motifs is 1. The number of ether oxygens (including phenoxy) is 2. The van der Waals surface area contributed by atoms with Crippen molar-refractivity contribution in [2.45, 2.75) is 27.7 Å². The smallest absolute Gasteiger partial charge is 0.231 e. The van der Waals surface area contributed by atoms with Gasteiger partial charge in [-0.1, -0.05) is 27.7 Å². The Hall–Kier alpha value is -1.71. The molecule has 1 aromatic carbocycles. The van der Waals surface area contributed by atoms with Crippen LogP contribution < -0.4 is 14.8 Å². The maximum atomic E-state index is 10.1. The standard InChI is InChI=1S/C8H7NO3.2C2H6/c10-4-9-6-1-2-7-8(3-6)12-5-11-7;2*1-2/h1-4H,5H2,(H,9,10);2*1-2H3. The molecule has 0 bridgehead atoms. The van der Waals surface area contributed by atoms with E-state index in [0.29, 0.717) is 23.6 Å². The first-order valence-corrected chi connectivity index (χ1v) is 5.50.